The number of rotatable bonds is 4. The lowest BCUT2D eigenvalue weighted by Gasteiger charge is -2.02. The van der Waals surface area contributed by atoms with E-state index in [1.54, 1.807) is 12.1 Å². The maximum atomic E-state index is 10.5. The summed E-state index contributed by atoms with van der Waals surface area (Å²) < 4.78 is 0. The number of nitrogen functional groups attached to an aromatic ring is 1. The highest BCUT2D eigenvalue weighted by atomic mass is 32.2. The zero-order chi connectivity index (χ0) is 10.6. The van der Waals surface area contributed by atoms with E-state index in [2.05, 4.69) is 11.6 Å². The number of aromatic nitrogens is 1. The van der Waals surface area contributed by atoms with Crippen LogP contribution in [0.25, 0.3) is 0 Å². The van der Waals surface area contributed by atoms with Gasteiger partial charge in [0.15, 0.2) is 0 Å². The van der Waals surface area contributed by atoms with Gasteiger partial charge in [0.05, 0.1) is 0 Å². The predicted molar refractivity (Wildman–Crippen MR) is 56.2 cm³/mol. The molecule has 1 aromatic heterocycles. The summed E-state index contributed by atoms with van der Waals surface area (Å²) >= 11 is 1.39. The molecule has 6 heteroatoms. The van der Waals surface area contributed by atoms with Gasteiger partial charge in [-0.15, -0.1) is 18.3 Å². The van der Waals surface area contributed by atoms with Gasteiger partial charge in [0.1, 0.15) is 11.9 Å². The summed E-state index contributed by atoms with van der Waals surface area (Å²) in [6.07, 6.45) is 3.08. The minimum Gasteiger partial charge on any atom is -0.391 e. The molecule has 1 heterocycles. The molecule has 0 saturated carbocycles. The number of nitro groups is 1. The van der Waals surface area contributed by atoms with Crippen LogP contribution in [0.2, 0.25) is 0 Å². The minimum atomic E-state index is -0.590. The highest BCUT2D eigenvalue weighted by Crippen LogP contribution is 2.30. The van der Waals surface area contributed by atoms with E-state index < -0.39 is 4.92 Å². The minimum absolute atomic E-state index is 0.115. The van der Waals surface area contributed by atoms with Crippen molar-refractivity contribution in [1.29, 1.82) is 0 Å². The molecule has 1 aromatic rings. The van der Waals surface area contributed by atoms with Crippen LogP contribution in [0.5, 0.6) is 0 Å². The van der Waals surface area contributed by atoms with Gasteiger partial charge < -0.3 is 15.8 Å². The number of nitrogens with zero attached hydrogens (tertiary/aromatic N) is 2. The summed E-state index contributed by atoms with van der Waals surface area (Å²) in [5.74, 6) is 0.366. The SMILES string of the molecule is C=CCSc1ccnc([N+](=O)[O-])c1N. The summed E-state index contributed by atoms with van der Waals surface area (Å²) in [5, 5.41) is 10.5. The van der Waals surface area contributed by atoms with Gasteiger partial charge in [0.2, 0.25) is 0 Å². The fourth-order valence-electron chi connectivity index (χ4n) is 0.865. The number of anilines is 1. The lowest BCUT2D eigenvalue weighted by molar-refractivity contribution is -0.388. The number of pyridine rings is 1. The van der Waals surface area contributed by atoms with E-state index in [0.717, 1.165) is 0 Å². The molecule has 5 nitrogen and oxygen atoms in total. The molecule has 0 aliphatic rings. The van der Waals surface area contributed by atoms with Gasteiger partial charge >= 0.3 is 5.82 Å². The van der Waals surface area contributed by atoms with Gasteiger partial charge in [-0.2, -0.15) is 0 Å². The fraction of sp³-hybridized carbons (Fsp3) is 0.125. The van der Waals surface area contributed by atoms with Crippen molar-refractivity contribution in [2.75, 3.05) is 11.5 Å². The molecule has 2 N–H and O–H groups in total. The molecule has 1 rings (SSSR count). The summed E-state index contributed by atoms with van der Waals surface area (Å²) in [4.78, 5) is 14.1. The average Bonchev–Trinajstić information content (AvgIpc) is 2.16. The average molecular weight is 211 g/mol. The van der Waals surface area contributed by atoms with Crippen molar-refractivity contribution in [2.24, 2.45) is 0 Å². The van der Waals surface area contributed by atoms with Crippen molar-refractivity contribution in [3.63, 3.8) is 0 Å². The van der Waals surface area contributed by atoms with Crippen LogP contribution >= 0.6 is 11.8 Å². The van der Waals surface area contributed by atoms with Crippen molar-refractivity contribution >= 4 is 23.3 Å². The second-order valence-corrected chi connectivity index (χ2v) is 3.46. The van der Waals surface area contributed by atoms with Gasteiger partial charge in [-0.25, -0.2) is 0 Å². The highest BCUT2D eigenvalue weighted by molar-refractivity contribution is 7.99. The molecule has 0 bridgehead atoms. The van der Waals surface area contributed by atoms with E-state index in [1.807, 2.05) is 0 Å². The Morgan fingerprint density at radius 3 is 3.07 bits per heavy atom. The summed E-state index contributed by atoms with van der Waals surface area (Å²) in [5.41, 5.74) is 5.68. The molecule has 0 radical (unpaired) electrons. The quantitative estimate of drug-likeness (QED) is 0.355. The maximum absolute atomic E-state index is 10.5. The van der Waals surface area contributed by atoms with Crippen molar-refractivity contribution in [2.45, 2.75) is 4.90 Å². The van der Waals surface area contributed by atoms with Crippen LogP contribution in [-0.4, -0.2) is 15.7 Å². The molecular formula is C8H9N3O2S. The standard InChI is InChI=1S/C8H9N3O2S/c1-2-5-14-6-3-4-10-8(7(6)9)11(12)13/h2-4H,1,5,9H2. The van der Waals surface area contributed by atoms with Crippen molar-refractivity contribution in [3.05, 3.63) is 35.0 Å². The van der Waals surface area contributed by atoms with Gasteiger partial charge in [0.25, 0.3) is 0 Å². The summed E-state index contributed by atoms with van der Waals surface area (Å²) in [7, 11) is 0. The second-order valence-electron chi connectivity index (χ2n) is 2.40. The van der Waals surface area contributed by atoms with Crippen LogP contribution in [-0.2, 0) is 0 Å². The third-order valence-electron chi connectivity index (χ3n) is 1.46. The topological polar surface area (TPSA) is 82.0 Å². The van der Waals surface area contributed by atoms with Gasteiger partial charge in [-0.1, -0.05) is 6.08 Å². The smallest absolute Gasteiger partial charge is 0.387 e. The third kappa shape index (κ3) is 2.23. The monoisotopic (exact) mass is 211 g/mol. The number of hydrogen-bond donors (Lipinski definition) is 1. The molecule has 74 valence electrons. The van der Waals surface area contributed by atoms with Gasteiger partial charge in [-0.05, 0) is 16.0 Å². The van der Waals surface area contributed by atoms with Crippen LogP contribution in [0.15, 0.2) is 29.8 Å². The Labute approximate surface area is 85.2 Å². The molecule has 0 unspecified atom stereocenters. The fourth-order valence-corrected chi connectivity index (χ4v) is 1.57. The first kappa shape index (κ1) is 10.5. The largest absolute Gasteiger partial charge is 0.391 e. The first-order chi connectivity index (χ1) is 6.66. The zero-order valence-corrected chi connectivity index (χ0v) is 8.16. The van der Waals surface area contributed by atoms with Crippen LogP contribution in [0.1, 0.15) is 0 Å². The van der Waals surface area contributed by atoms with E-state index >= 15 is 0 Å². The molecule has 0 atom stereocenters. The predicted octanol–water partition coefficient (Wildman–Crippen LogP) is 1.85. The molecule has 0 aliphatic heterocycles. The van der Waals surface area contributed by atoms with Crippen molar-refractivity contribution in [1.82, 2.24) is 4.98 Å². The number of thioether (sulfide) groups is 1. The summed E-state index contributed by atoms with van der Waals surface area (Å²) in [6.45, 7) is 3.55. The Morgan fingerprint density at radius 2 is 2.50 bits per heavy atom. The van der Waals surface area contributed by atoms with Crippen molar-refractivity contribution < 1.29 is 4.92 Å². The third-order valence-corrected chi connectivity index (χ3v) is 2.53. The first-order valence-corrected chi connectivity index (χ1v) is 4.78. The first-order valence-electron chi connectivity index (χ1n) is 3.79. The normalized spacial score (nSPS) is 9.71. The van der Waals surface area contributed by atoms with E-state index in [1.165, 1.54) is 18.0 Å². The van der Waals surface area contributed by atoms with Crippen LogP contribution < -0.4 is 5.73 Å². The molecule has 0 saturated heterocycles. The molecule has 0 spiro atoms. The van der Waals surface area contributed by atoms with Gasteiger partial charge in [-0.3, -0.25) is 0 Å². The highest BCUT2D eigenvalue weighted by Gasteiger charge is 2.15. The Morgan fingerprint density at radius 1 is 1.79 bits per heavy atom. The molecule has 0 fully saturated rings. The van der Waals surface area contributed by atoms with Crippen LogP contribution in [0.3, 0.4) is 0 Å². The lowest BCUT2D eigenvalue weighted by Crippen LogP contribution is -1.99. The Balaban J connectivity index is 3.01. The van der Waals surface area contributed by atoms with E-state index in [4.69, 9.17) is 5.73 Å². The van der Waals surface area contributed by atoms with Crippen LogP contribution in [0, 0.1) is 10.1 Å². The Hall–Kier alpha value is -1.56. The molecule has 0 aromatic carbocycles. The maximum Gasteiger partial charge on any atom is 0.387 e. The molecule has 0 aliphatic carbocycles. The van der Waals surface area contributed by atoms with E-state index in [0.29, 0.717) is 10.6 Å². The lowest BCUT2D eigenvalue weighted by atomic mass is 10.4. The van der Waals surface area contributed by atoms with E-state index in [9.17, 15) is 10.1 Å². The summed E-state index contributed by atoms with van der Waals surface area (Å²) in [6, 6.07) is 1.65. The Kier molecular flexibility index (Phi) is 3.47. The van der Waals surface area contributed by atoms with Crippen molar-refractivity contribution in [3.8, 4) is 0 Å². The van der Waals surface area contributed by atoms with Crippen LogP contribution in [0.4, 0.5) is 11.5 Å². The number of nitrogens with two attached hydrogens (primary N) is 1. The second kappa shape index (κ2) is 4.61. The number of hydrogen-bond acceptors (Lipinski definition) is 5. The molecule has 0 amide bonds. The van der Waals surface area contributed by atoms with E-state index in [-0.39, 0.29) is 11.5 Å². The molecular weight excluding hydrogens is 202 g/mol. The van der Waals surface area contributed by atoms with Gasteiger partial charge in [0, 0.05) is 10.6 Å². The molecule has 14 heavy (non-hydrogen) atoms. The zero-order valence-electron chi connectivity index (χ0n) is 7.34. The Bertz CT molecular complexity index is 368.